The Morgan fingerprint density at radius 1 is 1.18 bits per heavy atom. The monoisotopic (exact) mass is 467 g/mol. The first-order chi connectivity index (χ1) is 16.1. The van der Waals surface area contributed by atoms with Gasteiger partial charge in [0.15, 0.2) is 0 Å². The maximum Gasteiger partial charge on any atom is 0.263 e. The Balaban J connectivity index is 1.38. The van der Waals surface area contributed by atoms with Gasteiger partial charge in [-0.05, 0) is 37.1 Å². The zero-order chi connectivity index (χ0) is 23.0. The number of carbonyl (C=O) groups is 2. The van der Waals surface area contributed by atoms with Crippen LogP contribution in [0.15, 0.2) is 59.0 Å². The number of aromatic amines is 1. The number of hydrogen-bond acceptors (Lipinski definition) is 7. The van der Waals surface area contributed by atoms with Gasteiger partial charge in [-0.25, -0.2) is 14.4 Å². The van der Waals surface area contributed by atoms with E-state index in [1.807, 2.05) is 0 Å². The summed E-state index contributed by atoms with van der Waals surface area (Å²) in [5.74, 6) is 0.0912. The van der Waals surface area contributed by atoms with Crippen molar-refractivity contribution in [2.45, 2.75) is 38.1 Å². The number of nitrogens with zero attached hydrogens (tertiary/aromatic N) is 3. The van der Waals surface area contributed by atoms with Gasteiger partial charge in [-0.3, -0.25) is 14.6 Å². The van der Waals surface area contributed by atoms with Crippen LogP contribution in [0.25, 0.3) is 11.3 Å². The molecule has 0 bridgehead atoms. The van der Waals surface area contributed by atoms with Gasteiger partial charge >= 0.3 is 0 Å². The van der Waals surface area contributed by atoms with Crippen molar-refractivity contribution in [1.29, 1.82) is 0 Å². The maximum atomic E-state index is 13.2. The van der Waals surface area contributed by atoms with E-state index in [9.17, 15) is 14.0 Å². The minimum Gasteiger partial charge on any atom is -0.442 e. The lowest BCUT2D eigenvalue weighted by molar-refractivity contribution is 0.0935. The lowest BCUT2D eigenvalue weighted by atomic mass is 10.0. The second-order valence-electron chi connectivity index (χ2n) is 7.43. The molecule has 0 aliphatic rings. The summed E-state index contributed by atoms with van der Waals surface area (Å²) in [6.07, 6.45) is 9.35. The Labute approximate surface area is 193 Å². The van der Waals surface area contributed by atoms with Gasteiger partial charge in [0.05, 0.1) is 29.6 Å². The van der Waals surface area contributed by atoms with Crippen molar-refractivity contribution in [2.75, 3.05) is 0 Å². The number of thiazole rings is 1. The number of H-pyrrole nitrogens is 1. The van der Waals surface area contributed by atoms with E-state index in [4.69, 9.17) is 4.42 Å². The normalized spacial score (nSPS) is 11.9. The van der Waals surface area contributed by atoms with Crippen molar-refractivity contribution >= 4 is 23.0 Å². The van der Waals surface area contributed by atoms with Crippen molar-refractivity contribution < 1.29 is 18.4 Å². The number of rotatable bonds is 11. The second kappa shape index (κ2) is 10.8. The number of amides is 1. The van der Waals surface area contributed by atoms with Crippen molar-refractivity contribution in [2.24, 2.45) is 0 Å². The molecule has 8 nitrogen and oxygen atoms in total. The number of Topliss-reactive ketones (excluding diaryl/α,β-unsaturated/α-hetero) is 1. The van der Waals surface area contributed by atoms with Crippen LogP contribution >= 0.6 is 11.3 Å². The van der Waals surface area contributed by atoms with Gasteiger partial charge in [-0.2, -0.15) is 0 Å². The van der Waals surface area contributed by atoms with Crippen LogP contribution in [-0.4, -0.2) is 31.6 Å². The Bertz CT molecular complexity index is 1170. The number of benzene rings is 1. The Morgan fingerprint density at radius 3 is 2.76 bits per heavy atom. The maximum absolute atomic E-state index is 13.2. The molecule has 0 fully saturated rings. The molecule has 0 radical (unpaired) electrons. The first-order valence-corrected chi connectivity index (χ1v) is 11.4. The summed E-state index contributed by atoms with van der Waals surface area (Å²) in [4.78, 5) is 40.7. The third-order valence-electron chi connectivity index (χ3n) is 5.10. The first-order valence-electron chi connectivity index (χ1n) is 10.5. The summed E-state index contributed by atoms with van der Waals surface area (Å²) in [6, 6.07) is 5.73. The third kappa shape index (κ3) is 5.98. The highest BCUT2D eigenvalue weighted by Gasteiger charge is 2.20. The number of imidazole rings is 1. The molecule has 2 N–H and O–H groups in total. The van der Waals surface area contributed by atoms with Crippen molar-refractivity contribution in [3.63, 3.8) is 0 Å². The van der Waals surface area contributed by atoms with E-state index >= 15 is 0 Å². The highest BCUT2D eigenvalue weighted by Crippen LogP contribution is 2.24. The summed E-state index contributed by atoms with van der Waals surface area (Å²) in [6.45, 7) is 0. The van der Waals surface area contributed by atoms with E-state index in [0.29, 0.717) is 35.7 Å². The molecule has 0 aliphatic carbocycles. The molecular weight excluding hydrogens is 445 g/mol. The van der Waals surface area contributed by atoms with Crippen LogP contribution in [0.3, 0.4) is 0 Å². The topological polar surface area (TPSA) is 114 Å². The molecule has 1 atom stereocenters. The molecule has 3 heterocycles. The fourth-order valence-corrected chi connectivity index (χ4v) is 3.92. The van der Waals surface area contributed by atoms with Crippen LogP contribution in [0, 0.1) is 5.82 Å². The Kier molecular flexibility index (Phi) is 7.36. The highest BCUT2D eigenvalue weighted by molar-refractivity contribution is 7.11. The molecule has 3 aromatic heterocycles. The third-order valence-corrected chi connectivity index (χ3v) is 5.87. The van der Waals surface area contributed by atoms with Gasteiger partial charge in [-0.15, -0.1) is 11.3 Å². The van der Waals surface area contributed by atoms with E-state index in [1.165, 1.54) is 42.1 Å². The van der Waals surface area contributed by atoms with Crippen molar-refractivity contribution in [3.8, 4) is 11.3 Å². The molecule has 1 amide bonds. The molecule has 1 aromatic carbocycles. The summed E-state index contributed by atoms with van der Waals surface area (Å²) in [7, 11) is 0. The molecule has 0 saturated carbocycles. The summed E-state index contributed by atoms with van der Waals surface area (Å²) < 4.78 is 18.3. The molecule has 4 aromatic rings. The van der Waals surface area contributed by atoms with Crippen LogP contribution in [0.5, 0.6) is 0 Å². The lowest BCUT2D eigenvalue weighted by Gasteiger charge is -2.16. The minimum atomic E-state index is -0.351. The fraction of sp³-hybridized carbons (Fsp3) is 0.261. The average Bonchev–Trinajstić information content (AvgIpc) is 3.60. The van der Waals surface area contributed by atoms with E-state index in [1.54, 1.807) is 23.8 Å². The molecule has 33 heavy (non-hydrogen) atoms. The molecule has 4 rings (SSSR count). The van der Waals surface area contributed by atoms with Gasteiger partial charge in [-0.1, -0.05) is 12.8 Å². The molecule has 0 aliphatic heterocycles. The number of halogens is 1. The lowest BCUT2D eigenvalue weighted by Crippen LogP contribution is -2.28. The fourth-order valence-electron chi connectivity index (χ4n) is 3.40. The quantitative estimate of drug-likeness (QED) is 0.238. The summed E-state index contributed by atoms with van der Waals surface area (Å²) >= 11 is 1.26. The number of ketones is 1. The van der Waals surface area contributed by atoms with E-state index in [0.717, 1.165) is 18.4 Å². The molecule has 10 heteroatoms. The number of carbonyl (C=O) groups excluding carboxylic acids is 2. The van der Waals surface area contributed by atoms with Gasteiger partial charge in [0.2, 0.25) is 5.78 Å². The Hall–Kier alpha value is -3.66. The molecular formula is C23H22FN5O3S. The van der Waals surface area contributed by atoms with Crippen LogP contribution < -0.4 is 5.32 Å². The van der Waals surface area contributed by atoms with Gasteiger partial charge < -0.3 is 14.7 Å². The SMILES string of the molecule is O=C(CCCCCC(NC(=O)c1cncs1)c1nc(-c2ccc(F)cc2)c[nH]1)c1ncco1. The van der Waals surface area contributed by atoms with Crippen LogP contribution in [0.4, 0.5) is 4.39 Å². The number of hydrogen-bond donors (Lipinski definition) is 2. The minimum absolute atomic E-state index is 0.120. The summed E-state index contributed by atoms with van der Waals surface area (Å²) in [5, 5.41) is 3.02. The van der Waals surface area contributed by atoms with Crippen LogP contribution in [-0.2, 0) is 0 Å². The zero-order valence-corrected chi connectivity index (χ0v) is 18.5. The summed E-state index contributed by atoms with van der Waals surface area (Å²) in [5.41, 5.74) is 3.05. The smallest absolute Gasteiger partial charge is 0.263 e. The van der Waals surface area contributed by atoms with E-state index in [2.05, 4.69) is 25.3 Å². The highest BCUT2D eigenvalue weighted by atomic mass is 32.1. The molecule has 0 spiro atoms. The predicted molar refractivity (Wildman–Crippen MR) is 120 cm³/mol. The van der Waals surface area contributed by atoms with E-state index in [-0.39, 0.29) is 29.4 Å². The number of aromatic nitrogens is 4. The first kappa shape index (κ1) is 22.5. The predicted octanol–water partition coefficient (Wildman–Crippen LogP) is 4.96. The van der Waals surface area contributed by atoms with Gasteiger partial charge in [0, 0.05) is 18.2 Å². The van der Waals surface area contributed by atoms with Crippen LogP contribution in [0.2, 0.25) is 0 Å². The number of oxazole rings is 1. The molecule has 170 valence electrons. The number of unbranched alkanes of at least 4 members (excludes halogenated alkanes) is 2. The second-order valence-corrected chi connectivity index (χ2v) is 8.32. The average molecular weight is 468 g/mol. The van der Waals surface area contributed by atoms with Crippen molar-refractivity contribution in [3.05, 3.63) is 77.0 Å². The van der Waals surface area contributed by atoms with Gasteiger partial charge in [0.1, 0.15) is 22.8 Å². The van der Waals surface area contributed by atoms with Gasteiger partial charge in [0.25, 0.3) is 11.8 Å². The molecule has 0 saturated heterocycles. The van der Waals surface area contributed by atoms with Crippen LogP contribution in [0.1, 0.15) is 64.3 Å². The van der Waals surface area contributed by atoms with Crippen molar-refractivity contribution in [1.82, 2.24) is 25.3 Å². The Morgan fingerprint density at radius 2 is 2.03 bits per heavy atom. The van der Waals surface area contributed by atoms with E-state index < -0.39 is 0 Å². The molecule has 1 unspecified atom stereocenters. The largest absolute Gasteiger partial charge is 0.442 e. The zero-order valence-electron chi connectivity index (χ0n) is 17.7. The standard InChI is InChI=1S/C23H22FN5O3S/c24-16-8-6-15(7-9-16)18-12-27-21(28-18)17(29-22(31)20-13-25-14-33-20)4-2-1-3-5-19(30)23-26-10-11-32-23/h6-14,17H,1-5H2,(H,27,28)(H,29,31). The number of nitrogens with one attached hydrogen (secondary N) is 2.